The minimum absolute atomic E-state index is 0.0308. The molecular weight excluding hydrogens is 471 g/mol. The summed E-state index contributed by atoms with van der Waals surface area (Å²) in [6.07, 6.45) is 0. The fourth-order valence-electron chi connectivity index (χ4n) is 2.75. The first-order valence-corrected chi connectivity index (χ1v) is 12.7. The van der Waals surface area contributed by atoms with Gasteiger partial charge >= 0.3 is 0 Å². The molecule has 6 nitrogen and oxygen atoms in total. The quantitative estimate of drug-likeness (QED) is 0.350. The molecule has 4 aromatic rings. The maximum Gasteiger partial charge on any atom is 0.238 e. The molecular formula is C22H17FN2O4S3. The van der Waals surface area contributed by atoms with Crippen molar-refractivity contribution in [1.82, 2.24) is 4.98 Å². The van der Waals surface area contributed by atoms with E-state index in [4.69, 9.17) is 4.42 Å². The number of amides is 1. The van der Waals surface area contributed by atoms with E-state index in [0.29, 0.717) is 10.6 Å². The first-order chi connectivity index (χ1) is 15.3. The van der Waals surface area contributed by atoms with Crippen molar-refractivity contribution in [3.8, 4) is 10.8 Å². The maximum atomic E-state index is 13.2. The highest BCUT2D eigenvalue weighted by Gasteiger charge is 2.29. The number of nitrogens with one attached hydrogen (secondary N) is 1. The van der Waals surface area contributed by atoms with Gasteiger partial charge in [-0.05, 0) is 54.8 Å². The van der Waals surface area contributed by atoms with E-state index in [2.05, 4.69) is 10.3 Å². The summed E-state index contributed by atoms with van der Waals surface area (Å²) in [4.78, 5) is 17.4. The van der Waals surface area contributed by atoms with Crippen LogP contribution in [-0.2, 0) is 14.6 Å². The highest BCUT2D eigenvalue weighted by molar-refractivity contribution is 8.00. The zero-order chi connectivity index (χ0) is 22.7. The van der Waals surface area contributed by atoms with Crippen LogP contribution < -0.4 is 5.32 Å². The molecule has 0 aliphatic rings. The van der Waals surface area contributed by atoms with Crippen molar-refractivity contribution in [2.24, 2.45) is 0 Å². The van der Waals surface area contributed by atoms with Gasteiger partial charge in [-0.2, -0.15) is 4.98 Å². The van der Waals surface area contributed by atoms with Crippen LogP contribution in [0.2, 0.25) is 0 Å². The fourth-order valence-corrected chi connectivity index (χ4v) is 5.73. The first-order valence-electron chi connectivity index (χ1n) is 9.37. The van der Waals surface area contributed by atoms with Gasteiger partial charge in [-0.1, -0.05) is 35.5 Å². The van der Waals surface area contributed by atoms with Crippen LogP contribution in [0.15, 0.2) is 85.5 Å². The maximum absolute atomic E-state index is 13.2. The molecule has 0 aliphatic carbocycles. The van der Waals surface area contributed by atoms with Crippen molar-refractivity contribution >= 4 is 44.5 Å². The van der Waals surface area contributed by atoms with E-state index in [9.17, 15) is 17.6 Å². The molecule has 0 radical (unpaired) electrons. The van der Waals surface area contributed by atoms with Crippen molar-refractivity contribution in [1.29, 1.82) is 0 Å². The van der Waals surface area contributed by atoms with E-state index in [1.165, 1.54) is 47.7 Å². The van der Waals surface area contributed by atoms with Gasteiger partial charge in [0.15, 0.2) is 0 Å². The molecule has 1 amide bonds. The number of carbonyl (C=O) groups excluding carboxylic acids is 1. The zero-order valence-electron chi connectivity index (χ0n) is 16.7. The molecule has 10 heteroatoms. The lowest BCUT2D eigenvalue weighted by Gasteiger charge is -2.05. The number of aromatic nitrogens is 1. The van der Waals surface area contributed by atoms with Crippen LogP contribution in [0.25, 0.3) is 10.8 Å². The van der Waals surface area contributed by atoms with Crippen molar-refractivity contribution in [2.45, 2.75) is 21.9 Å². The summed E-state index contributed by atoms with van der Waals surface area (Å²) in [6.45, 7) is 1.86. The number of thiophene rings is 1. The molecule has 0 unspecified atom stereocenters. The molecule has 32 heavy (non-hydrogen) atoms. The largest absolute Gasteiger partial charge is 0.428 e. The summed E-state index contributed by atoms with van der Waals surface area (Å²) in [6, 6.07) is 15.4. The van der Waals surface area contributed by atoms with Crippen molar-refractivity contribution in [3.05, 3.63) is 77.4 Å². The lowest BCUT2D eigenvalue weighted by molar-refractivity contribution is -0.113. The summed E-state index contributed by atoms with van der Waals surface area (Å²) in [5.41, 5.74) is 1.36. The third kappa shape index (κ3) is 4.93. The van der Waals surface area contributed by atoms with Gasteiger partial charge in [0, 0.05) is 5.69 Å². The van der Waals surface area contributed by atoms with Crippen molar-refractivity contribution in [2.75, 3.05) is 11.1 Å². The Morgan fingerprint density at radius 3 is 2.50 bits per heavy atom. The lowest BCUT2D eigenvalue weighted by Crippen LogP contribution is -2.14. The molecule has 2 aromatic carbocycles. The monoisotopic (exact) mass is 488 g/mol. The second-order valence-electron chi connectivity index (χ2n) is 6.75. The number of hydrogen-bond acceptors (Lipinski definition) is 7. The molecule has 0 spiro atoms. The predicted octanol–water partition coefficient (Wildman–Crippen LogP) is 5.41. The molecule has 2 heterocycles. The van der Waals surface area contributed by atoms with E-state index >= 15 is 0 Å². The Labute approximate surface area is 192 Å². The molecule has 4 rings (SSSR count). The number of aryl methyl sites for hydroxylation is 1. The number of halogens is 1. The fraction of sp³-hybridized carbons (Fsp3) is 0.0909. The second-order valence-corrected chi connectivity index (χ2v) is 10.5. The normalized spacial score (nSPS) is 11.4. The number of anilines is 1. The number of rotatable bonds is 7. The Balaban J connectivity index is 1.61. The molecule has 2 aromatic heterocycles. The van der Waals surface area contributed by atoms with Crippen LogP contribution in [0, 0.1) is 12.7 Å². The second kappa shape index (κ2) is 9.27. The van der Waals surface area contributed by atoms with E-state index in [0.717, 1.165) is 17.3 Å². The van der Waals surface area contributed by atoms with Crippen LogP contribution in [0.1, 0.15) is 5.56 Å². The first kappa shape index (κ1) is 22.3. The molecule has 0 fully saturated rings. The summed E-state index contributed by atoms with van der Waals surface area (Å²) in [5, 5.41) is 4.26. The summed E-state index contributed by atoms with van der Waals surface area (Å²) in [5.74, 6) is -0.750. The number of benzene rings is 2. The van der Waals surface area contributed by atoms with Crippen LogP contribution in [0.5, 0.6) is 0 Å². The molecule has 0 saturated heterocycles. The Bertz CT molecular complexity index is 1330. The van der Waals surface area contributed by atoms with Gasteiger partial charge < -0.3 is 9.73 Å². The Hall–Kier alpha value is -2.95. The van der Waals surface area contributed by atoms with E-state index in [1.54, 1.807) is 24.3 Å². The molecule has 1 N–H and O–H groups in total. The van der Waals surface area contributed by atoms with Gasteiger partial charge in [-0.3, -0.25) is 4.79 Å². The van der Waals surface area contributed by atoms with E-state index in [1.807, 2.05) is 12.3 Å². The molecule has 0 atom stereocenters. The summed E-state index contributed by atoms with van der Waals surface area (Å²) in [7, 11) is -3.96. The highest BCUT2D eigenvalue weighted by Crippen LogP contribution is 2.36. The van der Waals surface area contributed by atoms with Gasteiger partial charge in [-0.15, -0.1) is 11.3 Å². The summed E-state index contributed by atoms with van der Waals surface area (Å²) < 4.78 is 45.3. The number of hydrogen-bond donors (Lipinski definition) is 1. The van der Waals surface area contributed by atoms with Crippen LogP contribution in [0.3, 0.4) is 0 Å². The summed E-state index contributed by atoms with van der Waals surface area (Å²) >= 11 is 2.29. The van der Waals surface area contributed by atoms with Crippen molar-refractivity contribution in [3.63, 3.8) is 0 Å². The third-order valence-electron chi connectivity index (χ3n) is 4.35. The van der Waals surface area contributed by atoms with Gasteiger partial charge in [0.25, 0.3) is 0 Å². The number of thioether (sulfide) groups is 1. The number of oxazole rings is 1. The van der Waals surface area contributed by atoms with E-state index < -0.39 is 21.6 Å². The number of nitrogens with zero attached hydrogens (tertiary/aromatic N) is 1. The zero-order valence-corrected chi connectivity index (χ0v) is 19.2. The van der Waals surface area contributed by atoms with Gasteiger partial charge in [0.05, 0.1) is 15.5 Å². The number of sulfone groups is 1. The van der Waals surface area contributed by atoms with Gasteiger partial charge in [0.1, 0.15) is 5.82 Å². The predicted molar refractivity (Wildman–Crippen MR) is 122 cm³/mol. The topological polar surface area (TPSA) is 89.3 Å². The Kier molecular flexibility index (Phi) is 6.45. The molecule has 0 bridgehead atoms. The minimum atomic E-state index is -3.96. The van der Waals surface area contributed by atoms with Crippen molar-refractivity contribution < 1.29 is 22.0 Å². The lowest BCUT2D eigenvalue weighted by atomic mass is 10.2. The average Bonchev–Trinajstić information content (AvgIpc) is 3.44. The number of carbonyl (C=O) groups is 1. The standard InChI is InChI=1S/C22H17FN2O4S3/c1-14-4-10-17(11-5-14)32(27,28)21-22(29-20(25-21)18-3-2-12-30-18)31-13-19(26)24-16-8-6-15(23)7-9-16/h2-12H,13H2,1H3,(H,24,26). The minimum Gasteiger partial charge on any atom is -0.428 e. The average molecular weight is 489 g/mol. The third-order valence-corrected chi connectivity index (χ3v) is 7.96. The highest BCUT2D eigenvalue weighted by atomic mass is 32.2. The van der Waals surface area contributed by atoms with Gasteiger partial charge in [0.2, 0.25) is 31.8 Å². The molecule has 164 valence electrons. The Morgan fingerprint density at radius 1 is 1.12 bits per heavy atom. The van der Waals surface area contributed by atoms with Crippen LogP contribution in [0.4, 0.5) is 10.1 Å². The Morgan fingerprint density at radius 2 is 1.84 bits per heavy atom. The SMILES string of the molecule is Cc1ccc(S(=O)(=O)c2nc(-c3cccs3)oc2SCC(=O)Nc2ccc(F)cc2)cc1. The van der Waals surface area contributed by atoms with E-state index in [-0.39, 0.29) is 26.7 Å². The molecule has 0 aliphatic heterocycles. The van der Waals surface area contributed by atoms with Gasteiger partial charge in [-0.25, -0.2) is 12.8 Å². The molecule has 0 saturated carbocycles. The van der Waals surface area contributed by atoms with Crippen LogP contribution >= 0.6 is 23.1 Å². The van der Waals surface area contributed by atoms with Crippen LogP contribution in [-0.4, -0.2) is 25.1 Å². The smallest absolute Gasteiger partial charge is 0.238 e.